The number of hydrogen-bond donors (Lipinski definition) is 0. The van der Waals surface area contributed by atoms with Crippen LogP contribution in [0.5, 0.6) is 5.75 Å². The number of alkyl halides is 3. The highest BCUT2D eigenvalue weighted by molar-refractivity contribution is 5.68. The van der Waals surface area contributed by atoms with Gasteiger partial charge in [0, 0.05) is 20.1 Å². The summed E-state index contributed by atoms with van der Waals surface area (Å²) in [6, 6.07) is 6.49. The second-order valence-electron chi connectivity index (χ2n) is 9.09. The fourth-order valence-electron chi connectivity index (χ4n) is 4.29. The lowest BCUT2D eigenvalue weighted by molar-refractivity contribution is -0.220. The van der Waals surface area contributed by atoms with Crippen LogP contribution in [-0.2, 0) is 25.6 Å². The molecule has 2 fully saturated rings. The first-order valence-corrected chi connectivity index (χ1v) is 11.9. The third-order valence-electron chi connectivity index (χ3n) is 6.59. The van der Waals surface area contributed by atoms with E-state index in [9.17, 15) is 22.8 Å². The lowest BCUT2D eigenvalue weighted by Crippen LogP contribution is -2.49. The minimum absolute atomic E-state index is 0.0750. The molecule has 0 aromatic heterocycles. The summed E-state index contributed by atoms with van der Waals surface area (Å²) in [5.41, 5.74) is 0.100. The van der Waals surface area contributed by atoms with E-state index in [-0.39, 0.29) is 32.3 Å². The van der Waals surface area contributed by atoms with Crippen molar-refractivity contribution in [2.24, 2.45) is 0 Å². The highest BCUT2D eigenvalue weighted by Gasteiger charge is 2.47. The van der Waals surface area contributed by atoms with E-state index in [4.69, 9.17) is 23.7 Å². The molecule has 0 radical (unpaired) electrons. The van der Waals surface area contributed by atoms with Crippen LogP contribution in [0.25, 0.3) is 0 Å². The van der Waals surface area contributed by atoms with Gasteiger partial charge in [-0.15, -0.1) is 0 Å². The second-order valence-corrected chi connectivity index (χ2v) is 9.09. The average Bonchev–Trinajstić information content (AvgIpc) is 3.29. The fraction of sp³-hybridized carbons (Fsp3) is 0.600. The number of nitrogens with zero attached hydrogens (tertiary/aromatic N) is 2. The standard InChI is InChI=1S/C25H33F3N2O7/c1-4-13-35-22(31)29(2)19-14-24(36-16-19)9-11-30(12-10-24)23(32)37-21(25(26,27)28)17-34-15-18-5-7-20(33-3)8-6-18/h4-8,19,21H,1,9-17H2,2-3H3/t19-,21-/m1/s1. The number of likely N-dealkylation sites (tertiary alicyclic amines) is 1. The highest BCUT2D eigenvalue weighted by Crippen LogP contribution is 2.38. The molecule has 0 bridgehead atoms. The lowest BCUT2D eigenvalue weighted by Gasteiger charge is -2.38. The number of benzene rings is 1. The van der Waals surface area contributed by atoms with Crippen molar-refractivity contribution >= 4 is 12.2 Å². The van der Waals surface area contributed by atoms with E-state index in [1.54, 1.807) is 31.3 Å². The maximum absolute atomic E-state index is 13.5. The van der Waals surface area contributed by atoms with E-state index < -0.39 is 36.7 Å². The molecular formula is C25H33F3N2O7. The van der Waals surface area contributed by atoms with Crippen LogP contribution in [0.1, 0.15) is 24.8 Å². The predicted octanol–water partition coefficient (Wildman–Crippen LogP) is 4.16. The number of rotatable bonds is 9. The monoisotopic (exact) mass is 530 g/mol. The summed E-state index contributed by atoms with van der Waals surface area (Å²) >= 11 is 0. The maximum Gasteiger partial charge on any atom is 0.427 e. The third-order valence-corrected chi connectivity index (χ3v) is 6.59. The Balaban J connectivity index is 1.47. The Morgan fingerprint density at radius 1 is 1.27 bits per heavy atom. The zero-order valence-corrected chi connectivity index (χ0v) is 21.0. The molecule has 3 rings (SSSR count). The number of likely N-dealkylation sites (N-methyl/N-ethyl adjacent to an activating group) is 1. The van der Waals surface area contributed by atoms with Gasteiger partial charge >= 0.3 is 18.4 Å². The number of hydrogen-bond acceptors (Lipinski definition) is 7. The molecule has 0 aliphatic carbocycles. The zero-order chi connectivity index (χ0) is 27.1. The van der Waals surface area contributed by atoms with E-state index in [0.29, 0.717) is 37.2 Å². The average molecular weight is 531 g/mol. The number of carbonyl (C=O) groups excluding carboxylic acids is 2. The van der Waals surface area contributed by atoms with Crippen molar-refractivity contribution in [2.45, 2.75) is 49.8 Å². The van der Waals surface area contributed by atoms with Gasteiger partial charge < -0.3 is 33.5 Å². The van der Waals surface area contributed by atoms with Crippen LogP contribution in [0.2, 0.25) is 0 Å². The molecule has 2 amide bonds. The molecule has 0 N–H and O–H groups in total. The molecule has 2 saturated heterocycles. The summed E-state index contributed by atoms with van der Waals surface area (Å²) in [6.07, 6.45) is -5.86. The van der Waals surface area contributed by atoms with Crippen molar-refractivity contribution in [1.29, 1.82) is 0 Å². The van der Waals surface area contributed by atoms with E-state index >= 15 is 0 Å². The Kier molecular flexibility index (Phi) is 9.66. The smallest absolute Gasteiger partial charge is 0.427 e. The SMILES string of the molecule is C=CCOC(=O)N(C)[C@H]1COC2(CCN(C(=O)O[C@H](COCc3ccc(OC)cc3)C(F)(F)F)CC2)C1. The summed E-state index contributed by atoms with van der Waals surface area (Å²) in [5, 5.41) is 0. The summed E-state index contributed by atoms with van der Waals surface area (Å²) in [5.74, 6) is 0.616. The summed E-state index contributed by atoms with van der Waals surface area (Å²) in [4.78, 5) is 27.3. The van der Waals surface area contributed by atoms with Crippen LogP contribution in [0.3, 0.4) is 0 Å². The van der Waals surface area contributed by atoms with Crippen LogP contribution in [-0.4, -0.2) is 93.0 Å². The predicted molar refractivity (Wildman–Crippen MR) is 126 cm³/mol. The zero-order valence-electron chi connectivity index (χ0n) is 21.0. The van der Waals surface area contributed by atoms with Crippen molar-refractivity contribution in [1.82, 2.24) is 9.80 Å². The summed E-state index contributed by atoms with van der Waals surface area (Å²) in [6.45, 7) is 3.37. The van der Waals surface area contributed by atoms with E-state index in [1.807, 2.05) is 0 Å². The fourth-order valence-corrected chi connectivity index (χ4v) is 4.29. The number of methoxy groups -OCH3 is 1. The van der Waals surface area contributed by atoms with Crippen LogP contribution < -0.4 is 4.74 Å². The first-order valence-electron chi connectivity index (χ1n) is 11.9. The van der Waals surface area contributed by atoms with Gasteiger partial charge in [0.1, 0.15) is 12.4 Å². The molecular weight excluding hydrogens is 497 g/mol. The largest absolute Gasteiger partial charge is 0.497 e. The van der Waals surface area contributed by atoms with E-state index in [2.05, 4.69) is 6.58 Å². The van der Waals surface area contributed by atoms with Gasteiger partial charge in [-0.3, -0.25) is 0 Å². The van der Waals surface area contributed by atoms with Crippen molar-refractivity contribution in [2.75, 3.05) is 47.1 Å². The van der Waals surface area contributed by atoms with Gasteiger partial charge in [0.05, 0.1) is 38.6 Å². The van der Waals surface area contributed by atoms with Crippen LogP contribution in [0.4, 0.5) is 22.8 Å². The molecule has 2 aliphatic heterocycles. The van der Waals surface area contributed by atoms with E-state index in [1.165, 1.54) is 23.0 Å². The van der Waals surface area contributed by atoms with Gasteiger partial charge in [-0.05, 0) is 37.0 Å². The van der Waals surface area contributed by atoms with Gasteiger partial charge in [-0.25, -0.2) is 9.59 Å². The molecule has 2 heterocycles. The molecule has 37 heavy (non-hydrogen) atoms. The quantitative estimate of drug-likeness (QED) is 0.443. The minimum atomic E-state index is -4.78. The molecule has 1 aromatic rings. The van der Waals surface area contributed by atoms with Gasteiger partial charge in [0.2, 0.25) is 6.10 Å². The van der Waals surface area contributed by atoms with Gasteiger partial charge in [0.25, 0.3) is 0 Å². The van der Waals surface area contributed by atoms with Crippen molar-refractivity contribution in [3.05, 3.63) is 42.5 Å². The van der Waals surface area contributed by atoms with Crippen molar-refractivity contribution in [3.8, 4) is 5.75 Å². The second kappa shape index (κ2) is 12.5. The Morgan fingerprint density at radius 2 is 1.95 bits per heavy atom. The topological polar surface area (TPSA) is 86.8 Å². The number of amides is 2. The normalized spacial score (nSPS) is 19.8. The molecule has 9 nitrogen and oxygen atoms in total. The third kappa shape index (κ3) is 7.75. The number of ether oxygens (including phenoxy) is 5. The van der Waals surface area contributed by atoms with Gasteiger partial charge in [-0.1, -0.05) is 24.8 Å². The number of piperidine rings is 1. The molecule has 206 valence electrons. The molecule has 0 unspecified atom stereocenters. The Hall–Kier alpha value is -2.99. The van der Waals surface area contributed by atoms with Crippen LogP contribution in [0.15, 0.2) is 36.9 Å². The molecule has 2 aliphatic rings. The van der Waals surface area contributed by atoms with Crippen LogP contribution >= 0.6 is 0 Å². The number of carbonyl (C=O) groups is 2. The summed E-state index contributed by atoms with van der Waals surface area (Å²) in [7, 11) is 3.13. The van der Waals surface area contributed by atoms with Gasteiger partial charge in [-0.2, -0.15) is 13.2 Å². The maximum atomic E-state index is 13.5. The molecule has 2 atom stereocenters. The first-order chi connectivity index (χ1) is 17.6. The molecule has 1 spiro atoms. The Labute approximate surface area is 214 Å². The minimum Gasteiger partial charge on any atom is -0.497 e. The van der Waals surface area contributed by atoms with Crippen LogP contribution in [0, 0.1) is 0 Å². The van der Waals surface area contributed by atoms with E-state index in [0.717, 1.165) is 0 Å². The molecule has 0 saturated carbocycles. The molecule has 1 aromatic carbocycles. The Morgan fingerprint density at radius 3 is 2.54 bits per heavy atom. The molecule has 12 heteroatoms. The number of halogens is 3. The lowest BCUT2D eigenvalue weighted by atomic mass is 9.87. The summed E-state index contributed by atoms with van der Waals surface area (Å²) < 4.78 is 66.6. The first kappa shape index (κ1) is 28.6. The van der Waals surface area contributed by atoms with Crippen molar-refractivity contribution < 1.29 is 46.4 Å². The highest BCUT2D eigenvalue weighted by atomic mass is 19.4. The van der Waals surface area contributed by atoms with Crippen molar-refractivity contribution in [3.63, 3.8) is 0 Å². The van der Waals surface area contributed by atoms with Gasteiger partial charge in [0.15, 0.2) is 0 Å². The Bertz CT molecular complexity index is 918.